The number of hydrogen-bond donors (Lipinski definition) is 1. The van der Waals surface area contributed by atoms with Crippen molar-refractivity contribution >= 4 is 5.97 Å². The van der Waals surface area contributed by atoms with Crippen LogP contribution in [0.5, 0.6) is 5.75 Å². The van der Waals surface area contributed by atoms with E-state index in [1.54, 1.807) is 25.1 Å². The Bertz CT molecular complexity index is 499. The molecule has 0 aliphatic carbocycles. The van der Waals surface area contributed by atoms with Gasteiger partial charge in [-0.05, 0) is 51.5 Å². The zero-order chi connectivity index (χ0) is 13.8. The third kappa shape index (κ3) is 4.50. The SMILES string of the molecule is Cc1cc(OCC#CC(C)(C)C)ccc1C(=O)O. The smallest absolute Gasteiger partial charge is 0.335 e. The molecule has 1 aromatic carbocycles. The summed E-state index contributed by atoms with van der Waals surface area (Å²) in [7, 11) is 0. The molecule has 1 rings (SSSR count). The van der Waals surface area contributed by atoms with E-state index < -0.39 is 5.97 Å². The van der Waals surface area contributed by atoms with Gasteiger partial charge in [-0.25, -0.2) is 4.79 Å². The van der Waals surface area contributed by atoms with Gasteiger partial charge in [0.2, 0.25) is 0 Å². The molecule has 0 spiro atoms. The van der Waals surface area contributed by atoms with Gasteiger partial charge in [-0.3, -0.25) is 0 Å². The predicted octanol–water partition coefficient (Wildman–Crippen LogP) is 3.12. The number of carboxylic acid groups (broad SMARTS) is 1. The van der Waals surface area contributed by atoms with Gasteiger partial charge in [0, 0.05) is 5.41 Å². The van der Waals surface area contributed by atoms with Gasteiger partial charge in [-0.2, -0.15) is 0 Å². The third-order valence-electron chi connectivity index (χ3n) is 2.20. The first-order chi connectivity index (χ1) is 8.29. The Morgan fingerprint density at radius 3 is 2.56 bits per heavy atom. The summed E-state index contributed by atoms with van der Waals surface area (Å²) in [6.07, 6.45) is 0. The van der Waals surface area contributed by atoms with Crippen molar-refractivity contribution in [3.8, 4) is 17.6 Å². The van der Waals surface area contributed by atoms with Crippen LogP contribution in [0.4, 0.5) is 0 Å². The van der Waals surface area contributed by atoms with Gasteiger partial charge < -0.3 is 9.84 Å². The summed E-state index contributed by atoms with van der Waals surface area (Å²) in [6, 6.07) is 4.90. The zero-order valence-electron chi connectivity index (χ0n) is 11.2. The van der Waals surface area contributed by atoms with Crippen molar-refractivity contribution in [1.82, 2.24) is 0 Å². The summed E-state index contributed by atoms with van der Waals surface area (Å²) in [5.41, 5.74) is 0.943. The molecule has 96 valence electrons. The van der Waals surface area contributed by atoms with Crippen molar-refractivity contribution in [1.29, 1.82) is 0 Å². The van der Waals surface area contributed by atoms with E-state index in [0.29, 0.717) is 23.5 Å². The second-order valence-electron chi connectivity index (χ2n) is 5.12. The Labute approximate surface area is 108 Å². The molecular weight excluding hydrogens is 228 g/mol. The molecular formula is C15H18O3. The first kappa shape index (κ1) is 14.1. The van der Waals surface area contributed by atoms with Crippen LogP contribution in [0.2, 0.25) is 0 Å². The molecule has 0 atom stereocenters. The Morgan fingerprint density at radius 1 is 1.39 bits per heavy atom. The number of benzene rings is 1. The highest BCUT2D eigenvalue weighted by molar-refractivity contribution is 5.89. The van der Waals surface area contributed by atoms with E-state index in [1.165, 1.54) is 0 Å². The summed E-state index contributed by atoms with van der Waals surface area (Å²) in [6.45, 7) is 8.16. The van der Waals surface area contributed by atoms with E-state index in [2.05, 4.69) is 11.8 Å². The van der Waals surface area contributed by atoms with Crippen LogP contribution in [0.3, 0.4) is 0 Å². The molecule has 0 amide bonds. The topological polar surface area (TPSA) is 46.5 Å². The van der Waals surface area contributed by atoms with E-state index in [9.17, 15) is 4.79 Å². The van der Waals surface area contributed by atoms with Crippen LogP contribution in [0.25, 0.3) is 0 Å². The summed E-state index contributed by atoms with van der Waals surface area (Å²) in [4.78, 5) is 10.8. The number of carbonyl (C=O) groups is 1. The molecule has 0 radical (unpaired) electrons. The predicted molar refractivity (Wildman–Crippen MR) is 70.9 cm³/mol. The fraction of sp³-hybridized carbons (Fsp3) is 0.400. The van der Waals surface area contributed by atoms with Gasteiger partial charge >= 0.3 is 5.97 Å². The molecule has 3 heteroatoms. The molecule has 1 aromatic rings. The van der Waals surface area contributed by atoms with Crippen LogP contribution in [0.1, 0.15) is 36.7 Å². The van der Waals surface area contributed by atoms with Gasteiger partial charge in [-0.1, -0.05) is 11.8 Å². The normalized spacial score (nSPS) is 10.4. The lowest BCUT2D eigenvalue weighted by Crippen LogP contribution is -2.03. The minimum absolute atomic E-state index is 0.0353. The first-order valence-corrected chi connectivity index (χ1v) is 5.76. The molecule has 0 heterocycles. The number of hydrogen-bond acceptors (Lipinski definition) is 2. The zero-order valence-corrected chi connectivity index (χ0v) is 11.2. The summed E-state index contributed by atoms with van der Waals surface area (Å²) in [5, 5.41) is 8.90. The molecule has 0 aliphatic heterocycles. The van der Waals surface area contributed by atoms with Crippen LogP contribution in [-0.4, -0.2) is 17.7 Å². The number of aromatic carboxylic acids is 1. The van der Waals surface area contributed by atoms with Gasteiger partial charge in [0.15, 0.2) is 0 Å². The molecule has 0 aliphatic rings. The van der Waals surface area contributed by atoms with Gasteiger partial charge in [0.1, 0.15) is 12.4 Å². The van der Waals surface area contributed by atoms with Crippen molar-refractivity contribution in [3.05, 3.63) is 29.3 Å². The molecule has 0 bridgehead atoms. The van der Waals surface area contributed by atoms with Crippen LogP contribution in [-0.2, 0) is 0 Å². The van der Waals surface area contributed by atoms with Gasteiger partial charge in [0.25, 0.3) is 0 Å². The van der Waals surface area contributed by atoms with E-state index in [-0.39, 0.29) is 5.41 Å². The van der Waals surface area contributed by atoms with Crippen molar-refractivity contribution in [2.75, 3.05) is 6.61 Å². The average molecular weight is 246 g/mol. The second kappa shape index (κ2) is 5.59. The quantitative estimate of drug-likeness (QED) is 0.833. The molecule has 1 N–H and O–H groups in total. The number of aryl methyl sites for hydroxylation is 1. The van der Waals surface area contributed by atoms with Crippen molar-refractivity contribution in [2.24, 2.45) is 5.41 Å². The highest BCUT2D eigenvalue weighted by Crippen LogP contribution is 2.17. The van der Waals surface area contributed by atoms with E-state index >= 15 is 0 Å². The summed E-state index contributed by atoms with van der Waals surface area (Å²) < 4.78 is 5.45. The summed E-state index contributed by atoms with van der Waals surface area (Å²) in [5.74, 6) is 5.72. The lowest BCUT2D eigenvalue weighted by molar-refractivity contribution is 0.0696. The van der Waals surface area contributed by atoms with Crippen molar-refractivity contribution in [2.45, 2.75) is 27.7 Å². The fourth-order valence-corrected chi connectivity index (χ4v) is 1.39. The Hall–Kier alpha value is -1.95. The number of carboxylic acids is 1. The van der Waals surface area contributed by atoms with Gasteiger partial charge in [0.05, 0.1) is 5.56 Å². The fourth-order valence-electron chi connectivity index (χ4n) is 1.39. The lowest BCUT2D eigenvalue weighted by atomic mass is 9.98. The standard InChI is InChI=1S/C15H18O3/c1-11-10-12(6-7-13(11)14(16)17)18-9-5-8-15(2,3)4/h6-7,10H,9H2,1-4H3,(H,16,17). The van der Waals surface area contributed by atoms with Crippen LogP contribution in [0.15, 0.2) is 18.2 Å². The maximum atomic E-state index is 10.8. The molecule has 3 nitrogen and oxygen atoms in total. The van der Waals surface area contributed by atoms with Crippen molar-refractivity contribution < 1.29 is 14.6 Å². The van der Waals surface area contributed by atoms with Crippen LogP contribution in [0, 0.1) is 24.2 Å². The molecule has 0 fully saturated rings. The third-order valence-corrected chi connectivity index (χ3v) is 2.20. The van der Waals surface area contributed by atoms with Crippen LogP contribution < -0.4 is 4.74 Å². The van der Waals surface area contributed by atoms with Crippen molar-refractivity contribution in [3.63, 3.8) is 0 Å². The minimum Gasteiger partial charge on any atom is -0.481 e. The highest BCUT2D eigenvalue weighted by atomic mass is 16.5. The average Bonchev–Trinajstić information content (AvgIpc) is 2.22. The maximum Gasteiger partial charge on any atom is 0.335 e. The molecule has 0 saturated heterocycles. The minimum atomic E-state index is -0.924. The molecule has 0 aromatic heterocycles. The highest BCUT2D eigenvalue weighted by Gasteiger charge is 2.07. The Morgan fingerprint density at radius 2 is 2.06 bits per heavy atom. The number of ether oxygens (including phenoxy) is 1. The first-order valence-electron chi connectivity index (χ1n) is 5.76. The molecule has 0 saturated carbocycles. The Kier molecular flexibility index (Phi) is 4.38. The van der Waals surface area contributed by atoms with Gasteiger partial charge in [-0.15, -0.1) is 0 Å². The lowest BCUT2D eigenvalue weighted by Gasteiger charge is -2.08. The molecule has 0 unspecified atom stereocenters. The summed E-state index contributed by atoms with van der Waals surface area (Å²) >= 11 is 0. The monoisotopic (exact) mass is 246 g/mol. The Balaban J connectivity index is 2.67. The van der Waals surface area contributed by atoms with E-state index in [0.717, 1.165) is 0 Å². The number of rotatable bonds is 3. The van der Waals surface area contributed by atoms with E-state index in [4.69, 9.17) is 9.84 Å². The largest absolute Gasteiger partial charge is 0.481 e. The molecule has 18 heavy (non-hydrogen) atoms. The second-order valence-corrected chi connectivity index (χ2v) is 5.12. The van der Waals surface area contributed by atoms with Crippen LogP contribution >= 0.6 is 0 Å². The van der Waals surface area contributed by atoms with E-state index in [1.807, 2.05) is 20.8 Å². The maximum absolute atomic E-state index is 10.8.